The minimum absolute atomic E-state index is 0.0154. The molecule has 42 heavy (non-hydrogen) atoms. The summed E-state index contributed by atoms with van der Waals surface area (Å²) in [5, 5.41) is 40.8. The van der Waals surface area contributed by atoms with E-state index in [9.17, 15) is 30.0 Å². The van der Waals surface area contributed by atoms with Crippen molar-refractivity contribution in [2.24, 2.45) is 0 Å². The molecule has 4 N–H and O–H groups in total. The molecule has 0 saturated carbocycles. The van der Waals surface area contributed by atoms with E-state index in [1.54, 1.807) is 24.3 Å². The van der Waals surface area contributed by atoms with Crippen molar-refractivity contribution in [3.05, 3.63) is 93.2 Å². The van der Waals surface area contributed by atoms with Gasteiger partial charge in [0.05, 0.1) is 25.3 Å². The predicted octanol–water partition coefficient (Wildman–Crippen LogP) is 5.74. The lowest BCUT2D eigenvalue weighted by Gasteiger charge is -2.18. The summed E-state index contributed by atoms with van der Waals surface area (Å²) in [6, 6.07) is 16.8. The molecule has 0 aliphatic carbocycles. The van der Waals surface area contributed by atoms with Gasteiger partial charge in [-0.25, -0.2) is 0 Å². The van der Waals surface area contributed by atoms with Crippen LogP contribution in [-0.4, -0.2) is 34.6 Å². The van der Waals surface area contributed by atoms with E-state index in [-0.39, 0.29) is 67.6 Å². The number of hydrogen-bond acceptors (Lipinski definition) is 10. The molecule has 0 aliphatic rings. The van der Waals surface area contributed by atoms with Gasteiger partial charge in [-0.3, -0.25) is 9.59 Å². The number of benzene rings is 4. The minimum Gasteiger partial charge on any atom is -0.508 e. The van der Waals surface area contributed by atoms with Gasteiger partial charge in [0, 0.05) is 35.4 Å². The summed E-state index contributed by atoms with van der Waals surface area (Å²) in [5.41, 5.74) is -0.224. The average molecular weight is 567 g/mol. The first-order chi connectivity index (χ1) is 20.2. The Kier molecular flexibility index (Phi) is 6.23. The maximum absolute atomic E-state index is 13.4. The maximum atomic E-state index is 13.4. The van der Waals surface area contributed by atoms with Crippen molar-refractivity contribution in [2.75, 3.05) is 14.2 Å². The van der Waals surface area contributed by atoms with Gasteiger partial charge < -0.3 is 38.7 Å². The number of rotatable bonds is 5. The molecular formula is C32H22O10. The standard InChI is InChI=1S/C32H22O10/c1-39-25-13-21(37)27-19(35)11-23(15-3-7-17(33)8-4-15)41-31(27)29(25)30-26(40-2)14-22(38)28-20(36)12-24(42-32(28)30)16-5-9-18(34)10-6-16/h3-14,33-34,37-38H,1-2H3. The molecule has 2 heterocycles. The number of aromatic hydroxyl groups is 4. The lowest BCUT2D eigenvalue weighted by molar-refractivity contribution is 0.403. The van der Waals surface area contributed by atoms with Crippen molar-refractivity contribution in [1.82, 2.24) is 0 Å². The normalized spacial score (nSPS) is 11.2. The zero-order chi connectivity index (χ0) is 29.7. The van der Waals surface area contributed by atoms with Gasteiger partial charge in [0.2, 0.25) is 0 Å². The van der Waals surface area contributed by atoms with Crippen LogP contribution in [0.15, 0.2) is 91.2 Å². The van der Waals surface area contributed by atoms with E-state index in [4.69, 9.17) is 18.3 Å². The molecular weight excluding hydrogens is 544 g/mol. The van der Waals surface area contributed by atoms with Crippen LogP contribution in [0, 0.1) is 0 Å². The third-order valence-corrected chi connectivity index (χ3v) is 6.88. The summed E-state index contributed by atoms with van der Waals surface area (Å²) in [7, 11) is 2.69. The van der Waals surface area contributed by atoms with E-state index < -0.39 is 22.4 Å². The van der Waals surface area contributed by atoms with Crippen molar-refractivity contribution in [3.63, 3.8) is 0 Å². The lowest BCUT2D eigenvalue weighted by atomic mass is 9.96. The van der Waals surface area contributed by atoms with Gasteiger partial charge in [-0.1, -0.05) is 0 Å². The Balaban J connectivity index is 1.78. The second-order valence-corrected chi connectivity index (χ2v) is 9.40. The van der Waals surface area contributed by atoms with E-state index in [0.717, 1.165) is 0 Å². The van der Waals surface area contributed by atoms with Gasteiger partial charge in [0.25, 0.3) is 0 Å². The van der Waals surface area contributed by atoms with Crippen LogP contribution in [0.25, 0.3) is 55.7 Å². The van der Waals surface area contributed by atoms with Crippen LogP contribution in [0.4, 0.5) is 0 Å². The molecule has 0 spiro atoms. The molecule has 0 amide bonds. The minimum atomic E-state index is -0.575. The summed E-state index contributed by atoms with van der Waals surface area (Å²) >= 11 is 0. The molecule has 0 radical (unpaired) electrons. The number of methoxy groups -OCH3 is 2. The molecule has 210 valence electrons. The van der Waals surface area contributed by atoms with Gasteiger partial charge in [0.1, 0.15) is 56.8 Å². The summed E-state index contributed by atoms with van der Waals surface area (Å²) in [5.74, 6) is -0.453. The topological polar surface area (TPSA) is 160 Å². The third kappa shape index (κ3) is 4.22. The zero-order valence-corrected chi connectivity index (χ0v) is 22.2. The van der Waals surface area contributed by atoms with Crippen molar-refractivity contribution >= 4 is 21.9 Å². The third-order valence-electron chi connectivity index (χ3n) is 6.88. The van der Waals surface area contributed by atoms with Gasteiger partial charge in [-0.05, 0) is 48.5 Å². The van der Waals surface area contributed by atoms with Crippen LogP contribution in [0.5, 0.6) is 34.5 Å². The summed E-state index contributed by atoms with van der Waals surface area (Å²) < 4.78 is 23.7. The Morgan fingerprint density at radius 1 is 0.548 bits per heavy atom. The summed E-state index contributed by atoms with van der Waals surface area (Å²) in [6.45, 7) is 0. The highest BCUT2D eigenvalue weighted by molar-refractivity contribution is 6.09. The number of ether oxygens (including phenoxy) is 2. The molecule has 6 aromatic rings. The highest BCUT2D eigenvalue weighted by Gasteiger charge is 2.28. The van der Waals surface area contributed by atoms with E-state index in [1.165, 1.54) is 62.8 Å². The van der Waals surface area contributed by atoms with Crippen molar-refractivity contribution in [1.29, 1.82) is 0 Å². The van der Waals surface area contributed by atoms with Crippen molar-refractivity contribution < 1.29 is 38.7 Å². The van der Waals surface area contributed by atoms with Crippen molar-refractivity contribution in [3.8, 4) is 68.3 Å². The first-order valence-electron chi connectivity index (χ1n) is 12.5. The fourth-order valence-corrected chi connectivity index (χ4v) is 4.92. The number of fused-ring (bicyclic) bond motifs is 2. The number of hydrogen-bond donors (Lipinski definition) is 4. The smallest absolute Gasteiger partial charge is 0.197 e. The molecule has 0 unspecified atom stereocenters. The number of phenols is 4. The Morgan fingerprint density at radius 3 is 1.24 bits per heavy atom. The number of phenolic OH excluding ortho intramolecular Hbond substituents is 4. The van der Waals surface area contributed by atoms with Gasteiger partial charge in [-0.2, -0.15) is 0 Å². The largest absolute Gasteiger partial charge is 0.508 e. The fraction of sp³-hybridized carbons (Fsp3) is 0.0625. The van der Waals surface area contributed by atoms with Crippen LogP contribution in [0.2, 0.25) is 0 Å². The van der Waals surface area contributed by atoms with Crippen LogP contribution in [-0.2, 0) is 0 Å². The van der Waals surface area contributed by atoms with Gasteiger partial charge >= 0.3 is 0 Å². The first-order valence-corrected chi connectivity index (χ1v) is 12.5. The van der Waals surface area contributed by atoms with Crippen LogP contribution >= 0.6 is 0 Å². The van der Waals surface area contributed by atoms with Gasteiger partial charge in [-0.15, -0.1) is 0 Å². The second-order valence-electron chi connectivity index (χ2n) is 9.40. The Labute approximate surface area is 236 Å². The van der Waals surface area contributed by atoms with Crippen LogP contribution in [0.3, 0.4) is 0 Å². The lowest BCUT2D eigenvalue weighted by Crippen LogP contribution is -2.05. The van der Waals surface area contributed by atoms with E-state index in [0.29, 0.717) is 11.1 Å². The van der Waals surface area contributed by atoms with E-state index >= 15 is 0 Å². The van der Waals surface area contributed by atoms with Crippen molar-refractivity contribution in [2.45, 2.75) is 0 Å². The molecule has 10 nitrogen and oxygen atoms in total. The molecule has 2 aromatic heterocycles. The molecule has 0 saturated heterocycles. The Morgan fingerprint density at radius 2 is 0.905 bits per heavy atom. The highest BCUT2D eigenvalue weighted by Crippen LogP contribution is 2.49. The average Bonchev–Trinajstić information content (AvgIpc) is 2.97. The first kappa shape index (κ1) is 26.3. The molecule has 0 fully saturated rings. The summed E-state index contributed by atoms with van der Waals surface area (Å²) in [4.78, 5) is 26.7. The van der Waals surface area contributed by atoms with E-state index in [2.05, 4.69) is 0 Å². The Hall–Kier alpha value is -5.90. The van der Waals surface area contributed by atoms with Crippen LogP contribution < -0.4 is 20.3 Å². The monoisotopic (exact) mass is 566 g/mol. The quantitative estimate of drug-likeness (QED) is 0.203. The molecule has 0 atom stereocenters. The van der Waals surface area contributed by atoms with Gasteiger partial charge in [0.15, 0.2) is 22.0 Å². The molecule has 0 bridgehead atoms. The predicted molar refractivity (Wildman–Crippen MR) is 155 cm³/mol. The SMILES string of the molecule is COc1cc(O)c2c(=O)cc(-c3ccc(O)cc3)oc2c1-c1c(OC)cc(O)c2c(=O)cc(-c3ccc(O)cc3)oc12. The zero-order valence-electron chi connectivity index (χ0n) is 22.2. The molecule has 4 aromatic carbocycles. The fourth-order valence-electron chi connectivity index (χ4n) is 4.92. The second kappa shape index (κ2) is 9.93. The van der Waals surface area contributed by atoms with Crippen LogP contribution in [0.1, 0.15) is 0 Å². The van der Waals surface area contributed by atoms with E-state index in [1.807, 2.05) is 0 Å². The Bertz CT molecular complexity index is 1970. The molecule has 10 heteroatoms. The molecule has 0 aliphatic heterocycles. The summed E-state index contributed by atoms with van der Waals surface area (Å²) in [6.07, 6.45) is 0. The highest BCUT2D eigenvalue weighted by atomic mass is 16.5. The molecule has 6 rings (SSSR count). The maximum Gasteiger partial charge on any atom is 0.197 e.